The summed E-state index contributed by atoms with van der Waals surface area (Å²) in [6, 6.07) is 0. The van der Waals surface area contributed by atoms with Crippen molar-refractivity contribution < 1.29 is 0 Å². The average Bonchev–Trinajstić information content (AvgIpc) is 2.84. The van der Waals surface area contributed by atoms with E-state index in [2.05, 4.69) is 34.6 Å². The van der Waals surface area contributed by atoms with Crippen LogP contribution >= 0.6 is 0 Å². The molecule has 0 N–H and O–H groups in total. The van der Waals surface area contributed by atoms with E-state index in [0.29, 0.717) is 5.41 Å². The third kappa shape index (κ3) is 5.76. The Hall–Kier alpha value is 0. The number of rotatable bonds is 1. The van der Waals surface area contributed by atoms with Crippen LogP contribution in [-0.4, -0.2) is 0 Å². The van der Waals surface area contributed by atoms with Crippen LogP contribution in [0.2, 0.25) is 0 Å². The lowest BCUT2D eigenvalue weighted by Crippen LogP contribution is -2.16. The molecule has 2 saturated carbocycles. The minimum atomic E-state index is 0.580. The Labute approximate surface area is 116 Å². The molecule has 0 amide bonds. The van der Waals surface area contributed by atoms with E-state index in [0.717, 1.165) is 17.8 Å². The van der Waals surface area contributed by atoms with E-state index in [1.807, 2.05) is 0 Å². The number of hydrogen-bond acceptors (Lipinski definition) is 0. The first-order valence-corrected chi connectivity index (χ1v) is 8.41. The van der Waals surface area contributed by atoms with Crippen molar-refractivity contribution in [2.75, 3.05) is 0 Å². The van der Waals surface area contributed by atoms with E-state index >= 15 is 0 Å². The monoisotopic (exact) mass is 252 g/mol. The van der Waals surface area contributed by atoms with Gasteiger partial charge in [0.1, 0.15) is 0 Å². The normalized spacial score (nSPS) is 23.0. The Morgan fingerprint density at radius 3 is 1.44 bits per heavy atom. The molecule has 0 heteroatoms. The molecule has 0 nitrogen and oxygen atoms in total. The lowest BCUT2D eigenvalue weighted by Gasteiger charge is -2.26. The molecule has 2 rings (SSSR count). The quantitative estimate of drug-likeness (QED) is 0.503. The van der Waals surface area contributed by atoms with Crippen molar-refractivity contribution in [1.29, 1.82) is 0 Å². The van der Waals surface area contributed by atoms with Crippen molar-refractivity contribution in [1.82, 2.24) is 0 Å². The molecule has 0 aromatic rings. The van der Waals surface area contributed by atoms with Crippen LogP contribution in [0, 0.1) is 23.2 Å². The van der Waals surface area contributed by atoms with Crippen LogP contribution in [0.3, 0.4) is 0 Å². The molecule has 0 radical (unpaired) electrons. The summed E-state index contributed by atoms with van der Waals surface area (Å²) < 4.78 is 0. The van der Waals surface area contributed by atoms with Gasteiger partial charge in [0.2, 0.25) is 0 Å². The second-order valence-electron chi connectivity index (χ2n) is 7.99. The molecule has 0 bridgehead atoms. The maximum Gasteiger partial charge on any atom is -0.0354 e. The van der Waals surface area contributed by atoms with Gasteiger partial charge in [0.05, 0.1) is 0 Å². The summed E-state index contributed by atoms with van der Waals surface area (Å²) in [6.45, 7) is 11.8. The van der Waals surface area contributed by atoms with Crippen LogP contribution in [0.4, 0.5) is 0 Å². The molecule has 2 aliphatic carbocycles. The Morgan fingerprint density at radius 1 is 0.722 bits per heavy atom. The average molecular weight is 252 g/mol. The third-order valence-corrected chi connectivity index (χ3v) is 5.17. The molecule has 0 aromatic heterocycles. The summed E-state index contributed by atoms with van der Waals surface area (Å²) in [4.78, 5) is 0. The van der Waals surface area contributed by atoms with E-state index in [-0.39, 0.29) is 0 Å². The van der Waals surface area contributed by atoms with Crippen molar-refractivity contribution in [3.63, 3.8) is 0 Å². The zero-order valence-corrected chi connectivity index (χ0v) is 13.6. The van der Waals surface area contributed by atoms with Crippen molar-refractivity contribution >= 4 is 0 Å². The summed E-state index contributed by atoms with van der Waals surface area (Å²) in [5.74, 6) is 3.00. The first-order valence-electron chi connectivity index (χ1n) is 8.41. The van der Waals surface area contributed by atoms with Crippen LogP contribution in [0.1, 0.15) is 92.4 Å². The molecular formula is C18H36. The summed E-state index contributed by atoms with van der Waals surface area (Å²) in [6.07, 6.45) is 13.4. The van der Waals surface area contributed by atoms with Crippen LogP contribution < -0.4 is 0 Å². The summed E-state index contributed by atoms with van der Waals surface area (Å²) in [7, 11) is 0. The third-order valence-electron chi connectivity index (χ3n) is 5.17. The van der Waals surface area contributed by atoms with E-state index < -0.39 is 0 Å². The van der Waals surface area contributed by atoms with Crippen molar-refractivity contribution in [2.24, 2.45) is 23.2 Å². The molecule has 0 heterocycles. The molecule has 0 unspecified atom stereocenters. The Bertz CT molecular complexity index is 197. The predicted molar refractivity (Wildman–Crippen MR) is 82.8 cm³/mol. The van der Waals surface area contributed by atoms with Gasteiger partial charge in [0.25, 0.3) is 0 Å². The zero-order chi connectivity index (χ0) is 13.6. The molecule has 0 aliphatic heterocycles. The van der Waals surface area contributed by atoms with Gasteiger partial charge in [-0.15, -0.1) is 0 Å². The first-order chi connectivity index (χ1) is 8.41. The van der Waals surface area contributed by atoms with Crippen molar-refractivity contribution in [3.05, 3.63) is 0 Å². The van der Waals surface area contributed by atoms with Gasteiger partial charge in [-0.1, -0.05) is 79.6 Å². The van der Waals surface area contributed by atoms with Gasteiger partial charge >= 0.3 is 0 Å². The summed E-state index contributed by atoms with van der Waals surface area (Å²) >= 11 is 0. The Morgan fingerprint density at radius 2 is 1.17 bits per heavy atom. The SMILES string of the molecule is CC(C)(C)C1CCCC1.CC(C)C1CCCCC1. The maximum absolute atomic E-state index is 2.36. The lowest BCUT2D eigenvalue weighted by molar-refractivity contribution is 0.246. The Kier molecular flexibility index (Phi) is 6.74. The van der Waals surface area contributed by atoms with Crippen LogP contribution in [-0.2, 0) is 0 Å². The van der Waals surface area contributed by atoms with Crippen molar-refractivity contribution in [3.8, 4) is 0 Å². The fraction of sp³-hybridized carbons (Fsp3) is 1.00. The van der Waals surface area contributed by atoms with Gasteiger partial charge in [-0.25, -0.2) is 0 Å². The number of hydrogen-bond donors (Lipinski definition) is 0. The molecule has 0 spiro atoms. The van der Waals surface area contributed by atoms with Crippen LogP contribution in [0.15, 0.2) is 0 Å². The van der Waals surface area contributed by atoms with E-state index in [1.165, 1.54) is 57.8 Å². The van der Waals surface area contributed by atoms with Crippen molar-refractivity contribution in [2.45, 2.75) is 92.4 Å². The Balaban J connectivity index is 0.000000180. The lowest BCUT2D eigenvalue weighted by atomic mass is 9.80. The second kappa shape index (κ2) is 7.56. The second-order valence-corrected chi connectivity index (χ2v) is 7.99. The van der Waals surface area contributed by atoms with Gasteiger partial charge in [0, 0.05) is 0 Å². The molecule has 2 aliphatic rings. The van der Waals surface area contributed by atoms with Gasteiger partial charge in [-0.05, 0) is 36.0 Å². The standard InChI is InChI=1S/2C9H18/c1-9(2,3)8-6-4-5-7-8;1-8(2)9-6-4-3-5-7-9/h8H,4-7H2,1-3H3;8-9H,3-7H2,1-2H3. The maximum atomic E-state index is 2.36. The highest BCUT2D eigenvalue weighted by atomic mass is 14.3. The molecule has 2 fully saturated rings. The van der Waals surface area contributed by atoms with Gasteiger partial charge in [-0.2, -0.15) is 0 Å². The smallest absolute Gasteiger partial charge is 0.0354 e. The fourth-order valence-corrected chi connectivity index (χ4v) is 3.59. The van der Waals surface area contributed by atoms with Gasteiger partial charge in [0.15, 0.2) is 0 Å². The molecule has 0 aromatic carbocycles. The van der Waals surface area contributed by atoms with Gasteiger partial charge < -0.3 is 0 Å². The molecule has 0 atom stereocenters. The van der Waals surface area contributed by atoms with Crippen LogP contribution in [0.25, 0.3) is 0 Å². The summed E-state index contributed by atoms with van der Waals surface area (Å²) in [5.41, 5.74) is 0.580. The van der Waals surface area contributed by atoms with E-state index in [1.54, 1.807) is 0 Å². The molecule has 0 saturated heterocycles. The van der Waals surface area contributed by atoms with Crippen LogP contribution in [0.5, 0.6) is 0 Å². The topological polar surface area (TPSA) is 0 Å². The zero-order valence-electron chi connectivity index (χ0n) is 13.6. The summed E-state index contributed by atoms with van der Waals surface area (Å²) in [5, 5.41) is 0. The largest absolute Gasteiger partial charge is 0.0625 e. The highest BCUT2D eigenvalue weighted by Crippen LogP contribution is 2.38. The minimum Gasteiger partial charge on any atom is -0.0625 e. The highest BCUT2D eigenvalue weighted by molar-refractivity contribution is 4.78. The fourth-order valence-electron chi connectivity index (χ4n) is 3.59. The van der Waals surface area contributed by atoms with E-state index in [4.69, 9.17) is 0 Å². The first kappa shape index (κ1) is 16.1. The molecule has 108 valence electrons. The minimum absolute atomic E-state index is 0.580. The molecular weight excluding hydrogens is 216 g/mol. The predicted octanol–water partition coefficient (Wildman–Crippen LogP) is 6.45. The van der Waals surface area contributed by atoms with Gasteiger partial charge in [-0.3, -0.25) is 0 Å². The van der Waals surface area contributed by atoms with E-state index in [9.17, 15) is 0 Å². The highest BCUT2D eigenvalue weighted by Gasteiger charge is 2.26. The molecule has 18 heavy (non-hydrogen) atoms.